The zero-order valence-electron chi connectivity index (χ0n) is 12.2. The predicted molar refractivity (Wildman–Crippen MR) is 78.1 cm³/mol. The molecular weight excluding hydrogens is 222 g/mol. The van der Waals surface area contributed by atoms with Crippen LogP contribution in [0.5, 0.6) is 5.75 Å². The van der Waals surface area contributed by atoms with E-state index in [1.807, 2.05) is 13.8 Å². The van der Waals surface area contributed by atoms with Gasteiger partial charge < -0.3 is 10.0 Å². The molecule has 0 aromatic heterocycles. The highest BCUT2D eigenvalue weighted by Crippen LogP contribution is 2.34. The highest BCUT2D eigenvalue weighted by molar-refractivity contribution is 5.28. The number of benzene rings is 1. The second-order valence-electron chi connectivity index (χ2n) is 5.06. The molecule has 1 aliphatic rings. The molecule has 0 aliphatic heterocycles. The fraction of sp³-hybridized carbons (Fsp3) is 0.625. The zero-order chi connectivity index (χ0) is 13.5. The molecule has 0 radical (unpaired) electrons. The first-order valence-corrected chi connectivity index (χ1v) is 7.12. The summed E-state index contributed by atoms with van der Waals surface area (Å²) in [6.07, 6.45) is 5.12. The highest BCUT2D eigenvalue weighted by Gasteiger charge is 2.23. The molecule has 0 saturated heterocycles. The summed E-state index contributed by atoms with van der Waals surface area (Å²) < 4.78 is 0. The smallest absolute Gasteiger partial charge is 0.115 e. The number of nitrogens with zero attached hydrogens (tertiary/aromatic N) is 1. The van der Waals surface area contributed by atoms with Crippen molar-refractivity contribution < 1.29 is 5.11 Å². The van der Waals surface area contributed by atoms with Crippen molar-refractivity contribution in [3.05, 3.63) is 29.8 Å². The zero-order valence-corrected chi connectivity index (χ0v) is 12.2. The number of hydrogen-bond acceptors (Lipinski definition) is 2. The van der Waals surface area contributed by atoms with Gasteiger partial charge in [0.05, 0.1) is 0 Å². The van der Waals surface area contributed by atoms with Crippen molar-refractivity contribution in [3.63, 3.8) is 0 Å². The van der Waals surface area contributed by atoms with Gasteiger partial charge in [-0.25, -0.2) is 0 Å². The van der Waals surface area contributed by atoms with Crippen molar-refractivity contribution in [1.82, 2.24) is 4.90 Å². The molecular formula is C16H27NO. The van der Waals surface area contributed by atoms with E-state index in [-0.39, 0.29) is 0 Å². The van der Waals surface area contributed by atoms with E-state index in [0.29, 0.717) is 11.7 Å². The second-order valence-corrected chi connectivity index (χ2v) is 5.06. The summed E-state index contributed by atoms with van der Waals surface area (Å²) in [6.45, 7) is 4.00. The first-order chi connectivity index (χ1) is 8.66. The Kier molecular flexibility index (Phi) is 6.20. The SMILES string of the molecule is CC.CN(C)C1CCC(c2ccc(O)cc2)CC1. The molecule has 1 aromatic carbocycles. The quantitative estimate of drug-likeness (QED) is 0.856. The van der Waals surface area contributed by atoms with Gasteiger partial charge in [-0.15, -0.1) is 0 Å². The van der Waals surface area contributed by atoms with Crippen LogP contribution in [-0.2, 0) is 0 Å². The standard InChI is InChI=1S/C14H21NO.C2H6/c1-15(2)13-7-3-11(4-8-13)12-5-9-14(16)10-6-12;1-2/h5-6,9-11,13,16H,3-4,7-8H2,1-2H3;1-2H3. The lowest BCUT2D eigenvalue weighted by Gasteiger charge is -2.32. The van der Waals surface area contributed by atoms with Crippen molar-refractivity contribution in [3.8, 4) is 5.75 Å². The van der Waals surface area contributed by atoms with E-state index in [1.165, 1.54) is 31.2 Å². The molecule has 0 atom stereocenters. The number of phenols is 1. The Morgan fingerprint density at radius 3 is 1.89 bits per heavy atom. The fourth-order valence-electron chi connectivity index (χ4n) is 2.67. The minimum atomic E-state index is 0.366. The van der Waals surface area contributed by atoms with E-state index < -0.39 is 0 Å². The second kappa shape index (κ2) is 7.42. The van der Waals surface area contributed by atoms with Gasteiger partial charge in [0.1, 0.15) is 5.75 Å². The summed E-state index contributed by atoms with van der Waals surface area (Å²) in [4.78, 5) is 2.34. The van der Waals surface area contributed by atoms with Crippen LogP contribution in [0.2, 0.25) is 0 Å². The third kappa shape index (κ3) is 4.02. The molecule has 102 valence electrons. The van der Waals surface area contributed by atoms with E-state index in [9.17, 15) is 5.11 Å². The number of rotatable bonds is 2. The van der Waals surface area contributed by atoms with Crippen LogP contribution in [0.1, 0.15) is 51.0 Å². The van der Waals surface area contributed by atoms with Gasteiger partial charge in [-0.2, -0.15) is 0 Å². The third-order valence-electron chi connectivity index (χ3n) is 3.79. The molecule has 1 N–H and O–H groups in total. The third-order valence-corrected chi connectivity index (χ3v) is 3.79. The average Bonchev–Trinajstić information content (AvgIpc) is 2.42. The Morgan fingerprint density at radius 1 is 0.944 bits per heavy atom. The molecule has 0 spiro atoms. The van der Waals surface area contributed by atoms with Crippen LogP contribution >= 0.6 is 0 Å². The van der Waals surface area contributed by atoms with Crippen LogP contribution in [0, 0.1) is 0 Å². The monoisotopic (exact) mass is 249 g/mol. The van der Waals surface area contributed by atoms with Crippen LogP contribution in [0.25, 0.3) is 0 Å². The van der Waals surface area contributed by atoms with Gasteiger partial charge in [0, 0.05) is 6.04 Å². The maximum absolute atomic E-state index is 9.26. The largest absolute Gasteiger partial charge is 0.508 e. The number of aromatic hydroxyl groups is 1. The maximum Gasteiger partial charge on any atom is 0.115 e. The first kappa shape index (κ1) is 15.0. The Morgan fingerprint density at radius 2 is 1.44 bits per heavy atom. The van der Waals surface area contributed by atoms with E-state index >= 15 is 0 Å². The minimum absolute atomic E-state index is 0.366. The van der Waals surface area contributed by atoms with E-state index in [0.717, 1.165) is 6.04 Å². The lowest BCUT2D eigenvalue weighted by molar-refractivity contribution is 0.216. The van der Waals surface area contributed by atoms with Crippen LogP contribution < -0.4 is 0 Å². The molecule has 0 amide bonds. The van der Waals surface area contributed by atoms with Gasteiger partial charge in [-0.05, 0) is 63.4 Å². The molecule has 2 heteroatoms. The summed E-state index contributed by atoms with van der Waals surface area (Å²) >= 11 is 0. The first-order valence-electron chi connectivity index (χ1n) is 7.12. The summed E-state index contributed by atoms with van der Waals surface area (Å²) in [6, 6.07) is 8.49. The summed E-state index contributed by atoms with van der Waals surface area (Å²) in [5, 5.41) is 9.26. The topological polar surface area (TPSA) is 23.5 Å². The fourth-order valence-corrected chi connectivity index (χ4v) is 2.67. The normalized spacial score (nSPS) is 23.4. The minimum Gasteiger partial charge on any atom is -0.508 e. The van der Waals surface area contributed by atoms with E-state index in [2.05, 4.69) is 31.1 Å². The van der Waals surface area contributed by atoms with Gasteiger partial charge in [0.25, 0.3) is 0 Å². The molecule has 1 fully saturated rings. The molecule has 2 rings (SSSR count). The predicted octanol–water partition coefficient (Wildman–Crippen LogP) is 4.01. The Bertz CT molecular complexity index is 323. The van der Waals surface area contributed by atoms with Crippen LogP contribution in [0.4, 0.5) is 0 Å². The van der Waals surface area contributed by atoms with E-state index in [4.69, 9.17) is 0 Å². The molecule has 0 bridgehead atoms. The van der Waals surface area contributed by atoms with Gasteiger partial charge in [0.15, 0.2) is 0 Å². The summed E-state index contributed by atoms with van der Waals surface area (Å²) in [7, 11) is 4.34. The lowest BCUT2D eigenvalue weighted by Crippen LogP contribution is -2.31. The molecule has 1 saturated carbocycles. The summed E-state index contributed by atoms with van der Waals surface area (Å²) in [5.74, 6) is 1.06. The van der Waals surface area contributed by atoms with Crippen LogP contribution in [0.3, 0.4) is 0 Å². The molecule has 1 aromatic rings. The van der Waals surface area contributed by atoms with E-state index in [1.54, 1.807) is 12.1 Å². The van der Waals surface area contributed by atoms with Crippen molar-refractivity contribution in [1.29, 1.82) is 0 Å². The Labute approximate surface area is 112 Å². The van der Waals surface area contributed by atoms with Crippen molar-refractivity contribution in [2.45, 2.75) is 51.5 Å². The van der Waals surface area contributed by atoms with Crippen molar-refractivity contribution in [2.75, 3.05) is 14.1 Å². The molecule has 0 unspecified atom stereocenters. The Hall–Kier alpha value is -1.02. The molecule has 2 nitrogen and oxygen atoms in total. The van der Waals surface area contributed by atoms with Crippen LogP contribution in [0.15, 0.2) is 24.3 Å². The molecule has 0 heterocycles. The average molecular weight is 249 g/mol. The van der Waals surface area contributed by atoms with Crippen LogP contribution in [-0.4, -0.2) is 30.1 Å². The number of hydrogen-bond donors (Lipinski definition) is 1. The van der Waals surface area contributed by atoms with Gasteiger partial charge >= 0.3 is 0 Å². The maximum atomic E-state index is 9.26. The Balaban J connectivity index is 0.000000771. The number of phenolic OH excluding ortho intramolecular Hbond substituents is 1. The molecule has 1 aliphatic carbocycles. The van der Waals surface area contributed by atoms with Gasteiger partial charge in [-0.3, -0.25) is 0 Å². The van der Waals surface area contributed by atoms with Gasteiger partial charge in [0.2, 0.25) is 0 Å². The molecule has 18 heavy (non-hydrogen) atoms. The lowest BCUT2D eigenvalue weighted by atomic mass is 9.81. The highest BCUT2D eigenvalue weighted by atomic mass is 16.3. The van der Waals surface area contributed by atoms with Crippen molar-refractivity contribution >= 4 is 0 Å². The summed E-state index contributed by atoms with van der Waals surface area (Å²) in [5.41, 5.74) is 1.38. The van der Waals surface area contributed by atoms with Crippen molar-refractivity contribution in [2.24, 2.45) is 0 Å². The van der Waals surface area contributed by atoms with Gasteiger partial charge in [-0.1, -0.05) is 26.0 Å².